The number of aliphatic hydroxyl groups excluding tert-OH is 1. The van der Waals surface area contributed by atoms with Crippen molar-refractivity contribution in [1.29, 1.82) is 0 Å². The number of aliphatic hydroxyl groups is 1. The molecule has 3 aromatic rings. The summed E-state index contributed by atoms with van der Waals surface area (Å²) in [5.74, 6) is 0. The van der Waals surface area contributed by atoms with Gasteiger partial charge in [0, 0.05) is 23.2 Å². The predicted octanol–water partition coefficient (Wildman–Crippen LogP) is 4.33. The molecule has 2 aliphatic heterocycles. The summed E-state index contributed by atoms with van der Waals surface area (Å²) in [6.07, 6.45) is 5.64. The van der Waals surface area contributed by atoms with Gasteiger partial charge in [0.25, 0.3) is 0 Å². The fourth-order valence-electron chi connectivity index (χ4n) is 6.40. The Hall–Kier alpha value is -3.42. The molecule has 3 N–H and O–H groups in total. The number of fused-ring (bicyclic) bond motifs is 1. The number of anilines is 2. The van der Waals surface area contributed by atoms with Gasteiger partial charge in [-0.15, -0.1) is 0 Å². The standard InChI is InChI=1S/C29H33N5O2/c1-33(2)29(20-7-4-3-5-8-20)15-13-28(14-16-29)19-34(27(36)32-28)21-11-12-24(30-18-21)22-9-6-10-25-23(22)17-26(35)31-25/h3-12,18,26,31,35H,13-17,19H2,1-2H3,(H,32,36). The van der Waals surface area contributed by atoms with Gasteiger partial charge in [0.2, 0.25) is 0 Å². The molecular weight excluding hydrogens is 450 g/mol. The van der Waals surface area contributed by atoms with Crippen LogP contribution in [0.3, 0.4) is 0 Å². The van der Waals surface area contributed by atoms with Crippen LogP contribution in [-0.2, 0) is 12.0 Å². The van der Waals surface area contributed by atoms with Crippen molar-refractivity contribution in [2.75, 3.05) is 30.9 Å². The van der Waals surface area contributed by atoms with E-state index >= 15 is 0 Å². The van der Waals surface area contributed by atoms with Crippen LogP contribution >= 0.6 is 0 Å². The number of benzene rings is 2. The Balaban J connectivity index is 1.20. The lowest BCUT2D eigenvalue weighted by molar-refractivity contribution is 0.0658. The summed E-state index contributed by atoms with van der Waals surface area (Å²) < 4.78 is 0. The fourth-order valence-corrected chi connectivity index (χ4v) is 6.40. The molecule has 7 heteroatoms. The highest BCUT2D eigenvalue weighted by Gasteiger charge is 2.50. The Morgan fingerprint density at radius 3 is 2.47 bits per heavy atom. The van der Waals surface area contributed by atoms with E-state index in [9.17, 15) is 9.90 Å². The van der Waals surface area contributed by atoms with E-state index in [1.807, 2.05) is 35.2 Å². The quantitative estimate of drug-likeness (QED) is 0.515. The van der Waals surface area contributed by atoms with Gasteiger partial charge in [0.15, 0.2) is 0 Å². The van der Waals surface area contributed by atoms with E-state index < -0.39 is 6.23 Å². The predicted molar refractivity (Wildman–Crippen MR) is 142 cm³/mol. The molecule has 36 heavy (non-hydrogen) atoms. The number of nitrogens with one attached hydrogen (secondary N) is 2. The largest absolute Gasteiger partial charge is 0.373 e. The minimum atomic E-state index is -0.562. The zero-order valence-corrected chi connectivity index (χ0v) is 20.9. The number of urea groups is 1. The number of hydrogen-bond acceptors (Lipinski definition) is 5. The normalized spacial score (nSPS) is 27.3. The molecule has 0 radical (unpaired) electrons. The number of carbonyl (C=O) groups excluding carboxylic acids is 1. The highest BCUT2D eigenvalue weighted by molar-refractivity contribution is 5.95. The zero-order chi connectivity index (χ0) is 24.9. The Bertz CT molecular complexity index is 1270. The molecule has 0 bridgehead atoms. The Morgan fingerprint density at radius 2 is 1.78 bits per heavy atom. The molecule has 1 aromatic heterocycles. The maximum atomic E-state index is 13.1. The fraction of sp³-hybridized carbons (Fsp3) is 0.379. The van der Waals surface area contributed by atoms with E-state index in [1.54, 1.807) is 6.20 Å². The Labute approximate surface area is 212 Å². The summed E-state index contributed by atoms with van der Waals surface area (Å²) in [6, 6.07) is 20.6. The van der Waals surface area contributed by atoms with Crippen LogP contribution in [-0.4, -0.2) is 53.4 Å². The van der Waals surface area contributed by atoms with Gasteiger partial charge in [-0.2, -0.15) is 0 Å². The second-order valence-corrected chi connectivity index (χ2v) is 10.7. The molecule has 3 heterocycles. The average Bonchev–Trinajstić information content (AvgIpc) is 3.43. The minimum absolute atomic E-state index is 0.00770. The van der Waals surface area contributed by atoms with Gasteiger partial charge in [-0.05, 0) is 69.1 Å². The second-order valence-electron chi connectivity index (χ2n) is 10.7. The summed E-state index contributed by atoms with van der Waals surface area (Å²) in [5.41, 5.74) is 5.82. The van der Waals surface area contributed by atoms with E-state index in [0.29, 0.717) is 13.0 Å². The first-order chi connectivity index (χ1) is 17.4. The Morgan fingerprint density at radius 1 is 1.00 bits per heavy atom. The van der Waals surface area contributed by atoms with Crippen molar-refractivity contribution < 1.29 is 9.90 Å². The first kappa shape index (κ1) is 23.0. The SMILES string of the molecule is CN(C)C1(c2ccccc2)CCC2(CC1)CN(c1ccc(-c3cccc4c3CC(O)N4)nc1)C(=O)N2. The molecule has 1 spiro atoms. The highest BCUT2D eigenvalue weighted by atomic mass is 16.3. The molecule has 3 aliphatic rings. The highest BCUT2D eigenvalue weighted by Crippen LogP contribution is 2.46. The van der Waals surface area contributed by atoms with Crippen LogP contribution in [0.1, 0.15) is 36.8 Å². The topological polar surface area (TPSA) is 80.7 Å². The van der Waals surface area contributed by atoms with Crippen molar-refractivity contribution in [2.45, 2.75) is 49.4 Å². The molecule has 1 unspecified atom stereocenters. The molecule has 186 valence electrons. The van der Waals surface area contributed by atoms with E-state index in [1.165, 1.54) is 5.56 Å². The number of hydrogen-bond donors (Lipinski definition) is 3. The van der Waals surface area contributed by atoms with Crippen molar-refractivity contribution in [1.82, 2.24) is 15.2 Å². The average molecular weight is 484 g/mol. The molecular formula is C29H33N5O2. The van der Waals surface area contributed by atoms with Gasteiger partial charge < -0.3 is 15.7 Å². The molecule has 1 aliphatic carbocycles. The second kappa shape index (κ2) is 8.61. The van der Waals surface area contributed by atoms with Gasteiger partial charge >= 0.3 is 6.03 Å². The third kappa shape index (κ3) is 3.74. The van der Waals surface area contributed by atoms with Crippen molar-refractivity contribution in [3.63, 3.8) is 0 Å². The molecule has 2 amide bonds. The molecule has 1 saturated carbocycles. The number of amides is 2. The number of aromatic nitrogens is 1. The smallest absolute Gasteiger partial charge is 0.322 e. The maximum absolute atomic E-state index is 13.1. The first-order valence-electron chi connectivity index (χ1n) is 12.7. The lowest BCUT2D eigenvalue weighted by Gasteiger charge is -2.48. The summed E-state index contributed by atoms with van der Waals surface area (Å²) in [6.45, 7) is 0.655. The van der Waals surface area contributed by atoms with Crippen LogP contribution in [0.5, 0.6) is 0 Å². The van der Waals surface area contributed by atoms with E-state index in [4.69, 9.17) is 4.98 Å². The molecule has 7 nitrogen and oxygen atoms in total. The summed E-state index contributed by atoms with van der Waals surface area (Å²) in [4.78, 5) is 22.0. The van der Waals surface area contributed by atoms with Crippen LogP contribution in [0, 0.1) is 0 Å². The van der Waals surface area contributed by atoms with E-state index in [-0.39, 0.29) is 17.1 Å². The van der Waals surface area contributed by atoms with E-state index in [0.717, 1.165) is 53.9 Å². The minimum Gasteiger partial charge on any atom is -0.373 e. The monoisotopic (exact) mass is 483 g/mol. The summed E-state index contributed by atoms with van der Waals surface area (Å²) >= 11 is 0. The first-order valence-corrected chi connectivity index (χ1v) is 12.7. The van der Waals surface area contributed by atoms with Crippen molar-refractivity contribution in [2.24, 2.45) is 0 Å². The van der Waals surface area contributed by atoms with Gasteiger partial charge in [-0.1, -0.05) is 42.5 Å². The maximum Gasteiger partial charge on any atom is 0.322 e. The van der Waals surface area contributed by atoms with E-state index in [2.05, 4.69) is 60.0 Å². The van der Waals surface area contributed by atoms with Crippen molar-refractivity contribution in [3.05, 3.63) is 78.0 Å². The van der Waals surface area contributed by atoms with Gasteiger partial charge in [0.1, 0.15) is 6.23 Å². The molecule has 2 aromatic carbocycles. The third-order valence-electron chi connectivity index (χ3n) is 8.51. The van der Waals surface area contributed by atoms with Crippen LogP contribution in [0.15, 0.2) is 66.9 Å². The lowest BCUT2D eigenvalue weighted by Crippen LogP contribution is -2.54. The number of pyridine rings is 1. The zero-order valence-electron chi connectivity index (χ0n) is 20.9. The lowest BCUT2D eigenvalue weighted by atomic mass is 9.69. The van der Waals surface area contributed by atoms with Gasteiger partial charge in [-0.25, -0.2) is 4.79 Å². The van der Waals surface area contributed by atoms with Gasteiger partial charge in [0.05, 0.1) is 29.7 Å². The molecule has 6 rings (SSSR count). The number of nitrogens with zero attached hydrogens (tertiary/aromatic N) is 3. The van der Waals surface area contributed by atoms with Crippen LogP contribution in [0.4, 0.5) is 16.2 Å². The van der Waals surface area contributed by atoms with Crippen LogP contribution < -0.4 is 15.5 Å². The van der Waals surface area contributed by atoms with Crippen molar-refractivity contribution >= 4 is 17.4 Å². The molecule has 2 fully saturated rings. The third-order valence-corrected chi connectivity index (χ3v) is 8.51. The number of rotatable bonds is 4. The van der Waals surface area contributed by atoms with Gasteiger partial charge in [-0.3, -0.25) is 14.8 Å². The summed E-state index contributed by atoms with van der Waals surface area (Å²) in [5, 5.41) is 16.4. The number of carbonyl (C=O) groups is 1. The van der Waals surface area contributed by atoms with Crippen LogP contribution in [0.25, 0.3) is 11.3 Å². The van der Waals surface area contributed by atoms with Crippen molar-refractivity contribution in [3.8, 4) is 11.3 Å². The molecule has 1 atom stereocenters. The molecule has 1 saturated heterocycles. The summed E-state index contributed by atoms with van der Waals surface area (Å²) in [7, 11) is 4.33. The Kier molecular flexibility index (Phi) is 5.50. The van der Waals surface area contributed by atoms with Crippen LogP contribution in [0.2, 0.25) is 0 Å².